The van der Waals surface area contributed by atoms with Gasteiger partial charge in [-0.2, -0.15) is 0 Å². The fourth-order valence-corrected chi connectivity index (χ4v) is 7.02. The molecule has 5 rings (SSSR count). The van der Waals surface area contributed by atoms with Crippen LogP contribution in [0.15, 0.2) is 46.1 Å². The van der Waals surface area contributed by atoms with Crippen LogP contribution in [-0.2, 0) is 33.4 Å². The number of hydrogen-bond acceptors (Lipinski definition) is 13. The first-order valence-electron chi connectivity index (χ1n) is 15.4. The number of aliphatic hydroxyl groups is 2. The fourth-order valence-electron chi connectivity index (χ4n) is 7.02. The molecule has 4 heterocycles. The van der Waals surface area contributed by atoms with Crippen LogP contribution in [0, 0.1) is 11.8 Å². The van der Waals surface area contributed by atoms with Gasteiger partial charge >= 0.3 is 17.6 Å². The third kappa shape index (κ3) is 6.09. The van der Waals surface area contributed by atoms with Crippen LogP contribution >= 0.6 is 0 Å². The number of likely N-dealkylation sites (tertiary alicyclic amines) is 1. The Kier molecular flexibility index (Phi) is 10.0. The quantitative estimate of drug-likeness (QED) is 0.181. The minimum absolute atomic E-state index is 0.169. The number of methoxy groups -OCH3 is 3. The number of aromatic amines is 1. The average molecular weight is 674 g/mol. The maximum absolute atomic E-state index is 14.5. The largest absolute Gasteiger partial charge is 0.496 e. The first-order valence-corrected chi connectivity index (χ1v) is 15.4. The zero-order valence-electron chi connectivity index (χ0n) is 26.8. The summed E-state index contributed by atoms with van der Waals surface area (Å²) >= 11 is 0. The summed E-state index contributed by atoms with van der Waals surface area (Å²) in [4.78, 5) is 81.6. The molecule has 2 aromatic rings. The standard InChI is InChI=1S/C31H39N5O12/c1-31(21(28(42)47-4)20(27(41)46-3)22(34-31)15-8-5-6-10-17(15)45-2)29(43)35-12-7-9-16(35)25(40)32-14-18-23(38)24(39)26(48-18)36-13-11-19(37)33-30(36)44/h5-6,8,10-11,13,16,18,20-24,26,34,38-39H,7,9,12,14H2,1-4H3,(H,32,40)(H,33,37,44)/t16-,18+,20+,21-,22+,23+,24+,26+,31+/m0/s1. The van der Waals surface area contributed by atoms with Gasteiger partial charge in [0.15, 0.2) is 6.23 Å². The molecule has 3 aliphatic heterocycles. The molecule has 2 amide bonds. The second kappa shape index (κ2) is 13.9. The second-order valence-electron chi connectivity index (χ2n) is 12.1. The monoisotopic (exact) mass is 673 g/mol. The number of esters is 2. The molecule has 0 bridgehead atoms. The van der Waals surface area contributed by atoms with E-state index in [4.69, 9.17) is 18.9 Å². The molecule has 5 N–H and O–H groups in total. The SMILES string of the molecule is COC(=O)[C@H]1[C@@H](c2ccccc2OC)N[C@@](C)(C(=O)N2CCC[C@H]2C(=O)NC[C@H]2O[C@@H](n3ccc(=O)[nH]c3=O)[C@H](O)[C@@H]2O)[C@@H]1C(=O)OC. The summed E-state index contributed by atoms with van der Waals surface area (Å²) in [5.74, 6) is -4.91. The lowest BCUT2D eigenvalue weighted by Crippen LogP contribution is -2.61. The molecule has 1 aromatic carbocycles. The molecule has 260 valence electrons. The van der Waals surface area contributed by atoms with Crippen molar-refractivity contribution in [3.05, 3.63) is 62.9 Å². The Hall–Kier alpha value is -4.58. The Morgan fingerprint density at radius 3 is 2.42 bits per heavy atom. The zero-order chi connectivity index (χ0) is 34.9. The summed E-state index contributed by atoms with van der Waals surface area (Å²) in [5, 5.41) is 27.0. The van der Waals surface area contributed by atoms with Crippen molar-refractivity contribution in [2.24, 2.45) is 11.8 Å². The van der Waals surface area contributed by atoms with Crippen molar-refractivity contribution in [2.45, 2.75) is 61.9 Å². The normalized spacial score (nSPS) is 31.3. The van der Waals surface area contributed by atoms with Gasteiger partial charge in [0.1, 0.15) is 35.6 Å². The fraction of sp³-hybridized carbons (Fsp3) is 0.548. The number of benzene rings is 1. The maximum Gasteiger partial charge on any atom is 0.330 e. The molecule has 0 saturated carbocycles. The van der Waals surface area contributed by atoms with Crippen LogP contribution in [0.2, 0.25) is 0 Å². The van der Waals surface area contributed by atoms with Crippen molar-refractivity contribution >= 4 is 23.8 Å². The summed E-state index contributed by atoms with van der Waals surface area (Å²) in [7, 11) is 3.79. The highest BCUT2D eigenvalue weighted by Gasteiger charge is 2.63. The molecule has 9 atom stereocenters. The lowest BCUT2D eigenvalue weighted by atomic mass is 9.77. The Balaban J connectivity index is 1.36. The van der Waals surface area contributed by atoms with Crippen LogP contribution in [0.1, 0.15) is 37.6 Å². The maximum atomic E-state index is 14.5. The predicted molar refractivity (Wildman–Crippen MR) is 163 cm³/mol. The van der Waals surface area contributed by atoms with Crippen LogP contribution < -0.4 is 26.6 Å². The van der Waals surface area contributed by atoms with E-state index in [0.717, 1.165) is 23.9 Å². The summed E-state index contributed by atoms with van der Waals surface area (Å²) in [6.45, 7) is 1.37. The van der Waals surface area contributed by atoms with Crippen LogP contribution in [0.25, 0.3) is 0 Å². The van der Waals surface area contributed by atoms with Crippen molar-refractivity contribution in [2.75, 3.05) is 34.4 Å². The van der Waals surface area contributed by atoms with Crippen LogP contribution in [0.5, 0.6) is 5.75 Å². The highest BCUT2D eigenvalue weighted by molar-refractivity contribution is 5.98. The van der Waals surface area contributed by atoms with Crippen LogP contribution in [0.3, 0.4) is 0 Å². The van der Waals surface area contributed by atoms with Crippen molar-refractivity contribution in [3.8, 4) is 5.75 Å². The van der Waals surface area contributed by atoms with Gasteiger partial charge < -0.3 is 39.4 Å². The molecular formula is C31H39N5O12. The summed E-state index contributed by atoms with van der Waals surface area (Å²) in [6, 6.07) is 6.01. The van der Waals surface area contributed by atoms with Crippen molar-refractivity contribution in [3.63, 3.8) is 0 Å². The number of aromatic nitrogens is 2. The van der Waals surface area contributed by atoms with E-state index in [-0.39, 0.29) is 19.5 Å². The van der Waals surface area contributed by atoms with E-state index in [0.29, 0.717) is 17.7 Å². The number of rotatable bonds is 9. The van der Waals surface area contributed by atoms with Crippen molar-refractivity contribution in [1.82, 2.24) is 25.1 Å². The van der Waals surface area contributed by atoms with E-state index >= 15 is 0 Å². The molecule has 48 heavy (non-hydrogen) atoms. The molecule has 0 aliphatic carbocycles. The number of ether oxygens (including phenoxy) is 4. The van der Waals surface area contributed by atoms with Gasteiger partial charge in [0.05, 0.1) is 39.2 Å². The highest BCUT2D eigenvalue weighted by atomic mass is 16.6. The number of aliphatic hydroxyl groups excluding tert-OH is 2. The molecule has 3 aliphatic rings. The Bertz CT molecular complexity index is 1680. The van der Waals surface area contributed by atoms with Gasteiger partial charge in [-0.25, -0.2) is 4.79 Å². The Morgan fingerprint density at radius 1 is 1.04 bits per heavy atom. The molecule has 0 unspecified atom stereocenters. The van der Waals surface area contributed by atoms with Crippen molar-refractivity contribution < 1.29 is 48.3 Å². The zero-order valence-corrected chi connectivity index (χ0v) is 26.8. The molecule has 17 nitrogen and oxygen atoms in total. The van der Waals surface area contributed by atoms with Crippen molar-refractivity contribution in [1.29, 1.82) is 0 Å². The average Bonchev–Trinajstić information content (AvgIpc) is 3.77. The molecule has 17 heteroatoms. The van der Waals surface area contributed by atoms with E-state index < -0.39 is 89.0 Å². The number of carbonyl (C=O) groups is 4. The number of amides is 2. The van der Waals surface area contributed by atoms with Gasteiger partial charge in [0, 0.05) is 30.9 Å². The number of carbonyl (C=O) groups excluding carboxylic acids is 4. The number of H-pyrrole nitrogens is 1. The van der Waals surface area contributed by atoms with Crippen LogP contribution in [0.4, 0.5) is 0 Å². The lowest BCUT2D eigenvalue weighted by molar-refractivity contribution is -0.161. The molecular weight excluding hydrogens is 634 g/mol. The number of para-hydroxylation sites is 1. The van der Waals surface area contributed by atoms with Gasteiger partial charge in [-0.3, -0.25) is 38.8 Å². The smallest absolute Gasteiger partial charge is 0.330 e. The number of hydrogen-bond donors (Lipinski definition) is 5. The summed E-state index contributed by atoms with van der Waals surface area (Å²) in [6.07, 6.45) is -3.68. The van der Waals surface area contributed by atoms with E-state index in [1.165, 1.54) is 26.0 Å². The molecule has 3 saturated heterocycles. The predicted octanol–water partition coefficient (Wildman–Crippen LogP) is -2.05. The molecule has 0 radical (unpaired) electrons. The summed E-state index contributed by atoms with van der Waals surface area (Å²) < 4.78 is 22.3. The van der Waals surface area contributed by atoms with Gasteiger partial charge in [0.2, 0.25) is 11.8 Å². The minimum Gasteiger partial charge on any atom is -0.496 e. The number of nitrogens with one attached hydrogen (secondary N) is 3. The van der Waals surface area contributed by atoms with Gasteiger partial charge in [-0.05, 0) is 25.8 Å². The number of nitrogens with zero attached hydrogens (tertiary/aromatic N) is 2. The molecule has 1 aromatic heterocycles. The molecule has 3 fully saturated rings. The van der Waals surface area contributed by atoms with Crippen LogP contribution in [-0.4, -0.2) is 113 Å². The molecule has 0 spiro atoms. The first kappa shape index (κ1) is 34.7. The van der Waals surface area contributed by atoms with Gasteiger partial charge in [-0.1, -0.05) is 18.2 Å². The third-order valence-electron chi connectivity index (χ3n) is 9.40. The highest BCUT2D eigenvalue weighted by Crippen LogP contribution is 2.47. The van der Waals surface area contributed by atoms with E-state index in [9.17, 15) is 39.0 Å². The van der Waals surface area contributed by atoms with Gasteiger partial charge in [0.25, 0.3) is 5.56 Å². The Labute approximate surface area is 274 Å². The van der Waals surface area contributed by atoms with E-state index in [1.807, 2.05) is 4.98 Å². The van der Waals surface area contributed by atoms with Gasteiger partial charge in [-0.15, -0.1) is 0 Å². The minimum atomic E-state index is -1.73. The first-order chi connectivity index (χ1) is 22.9. The third-order valence-corrected chi connectivity index (χ3v) is 9.40. The Morgan fingerprint density at radius 2 is 1.75 bits per heavy atom. The topological polar surface area (TPSA) is 228 Å². The van der Waals surface area contributed by atoms with E-state index in [1.54, 1.807) is 24.3 Å². The van der Waals surface area contributed by atoms with E-state index in [2.05, 4.69) is 10.6 Å². The lowest BCUT2D eigenvalue weighted by Gasteiger charge is -2.36. The summed E-state index contributed by atoms with van der Waals surface area (Å²) in [5.41, 5.74) is -2.73. The second-order valence-corrected chi connectivity index (χ2v) is 12.1.